The molecule has 1 unspecified atom stereocenters. The van der Waals surface area contributed by atoms with Gasteiger partial charge in [0, 0.05) is 18.0 Å². The standard InChI is InChI=1S/C12H15NO4/c14-6-9-3-8(5-13(9)7-15)11-4-10(16)1-2-12(11)17/h1-2,4,7-9,14,16-17H,3,5-6H2/t8-,9?/m0/s1. The maximum Gasteiger partial charge on any atom is 0.210 e. The summed E-state index contributed by atoms with van der Waals surface area (Å²) in [4.78, 5) is 12.3. The third kappa shape index (κ3) is 2.19. The first kappa shape index (κ1) is 11.7. The summed E-state index contributed by atoms with van der Waals surface area (Å²) in [6.45, 7) is 0.362. The Bertz CT molecular complexity index is 421. The summed E-state index contributed by atoms with van der Waals surface area (Å²) in [6, 6.07) is 4.14. The Labute approximate surface area is 98.9 Å². The Morgan fingerprint density at radius 3 is 2.76 bits per heavy atom. The molecule has 2 atom stereocenters. The Kier molecular flexibility index (Phi) is 3.19. The van der Waals surface area contributed by atoms with E-state index in [1.807, 2.05) is 0 Å². The van der Waals surface area contributed by atoms with Crippen LogP contribution in [-0.4, -0.2) is 45.8 Å². The molecule has 0 radical (unpaired) electrons. The lowest BCUT2D eigenvalue weighted by molar-refractivity contribution is -0.119. The highest BCUT2D eigenvalue weighted by Gasteiger charge is 2.32. The minimum atomic E-state index is -0.209. The molecule has 1 heterocycles. The van der Waals surface area contributed by atoms with Gasteiger partial charge in [0.25, 0.3) is 0 Å². The predicted octanol–water partition coefficient (Wildman–Crippen LogP) is 0.404. The molecule has 1 saturated heterocycles. The fraction of sp³-hybridized carbons (Fsp3) is 0.417. The van der Waals surface area contributed by atoms with E-state index < -0.39 is 0 Å². The van der Waals surface area contributed by atoms with E-state index in [1.165, 1.54) is 23.1 Å². The van der Waals surface area contributed by atoms with Gasteiger partial charge in [0.15, 0.2) is 0 Å². The van der Waals surface area contributed by atoms with Crippen LogP contribution >= 0.6 is 0 Å². The number of hydrogen-bond donors (Lipinski definition) is 3. The van der Waals surface area contributed by atoms with Gasteiger partial charge < -0.3 is 20.2 Å². The quantitative estimate of drug-likeness (QED) is 0.525. The lowest BCUT2D eigenvalue weighted by atomic mass is 9.95. The molecule has 0 bridgehead atoms. The molecule has 1 aromatic rings. The molecule has 5 heteroatoms. The van der Waals surface area contributed by atoms with Crippen LogP contribution in [0.1, 0.15) is 17.9 Å². The molecule has 0 aliphatic carbocycles. The molecule has 2 rings (SSSR count). The number of carbonyl (C=O) groups is 1. The highest BCUT2D eigenvalue weighted by molar-refractivity contribution is 5.50. The van der Waals surface area contributed by atoms with Crippen molar-refractivity contribution in [2.75, 3.05) is 13.2 Å². The molecule has 1 amide bonds. The number of carbonyl (C=O) groups excluding carboxylic acids is 1. The van der Waals surface area contributed by atoms with Crippen LogP contribution in [0.3, 0.4) is 0 Å². The van der Waals surface area contributed by atoms with Gasteiger partial charge in [0.1, 0.15) is 11.5 Å². The van der Waals surface area contributed by atoms with Gasteiger partial charge in [-0.1, -0.05) is 0 Å². The van der Waals surface area contributed by atoms with Crippen LogP contribution in [0.4, 0.5) is 0 Å². The summed E-state index contributed by atoms with van der Waals surface area (Å²) in [5.74, 6) is 0.143. The third-order valence-electron chi connectivity index (χ3n) is 3.25. The number of rotatable bonds is 3. The Morgan fingerprint density at radius 1 is 1.41 bits per heavy atom. The Hall–Kier alpha value is -1.75. The van der Waals surface area contributed by atoms with Crippen molar-refractivity contribution in [1.29, 1.82) is 0 Å². The number of phenolic OH excluding ortho intramolecular Hbond substituents is 2. The largest absolute Gasteiger partial charge is 0.508 e. The van der Waals surface area contributed by atoms with Gasteiger partial charge >= 0.3 is 0 Å². The van der Waals surface area contributed by atoms with Crippen molar-refractivity contribution >= 4 is 6.41 Å². The van der Waals surface area contributed by atoms with Gasteiger partial charge in [0.05, 0.1) is 12.6 Å². The molecular weight excluding hydrogens is 222 g/mol. The summed E-state index contributed by atoms with van der Waals surface area (Å²) >= 11 is 0. The molecule has 17 heavy (non-hydrogen) atoms. The number of aliphatic hydroxyl groups excluding tert-OH is 1. The second kappa shape index (κ2) is 4.63. The van der Waals surface area contributed by atoms with E-state index in [0.29, 0.717) is 24.9 Å². The van der Waals surface area contributed by atoms with E-state index >= 15 is 0 Å². The Balaban J connectivity index is 2.24. The number of aliphatic hydroxyl groups is 1. The highest BCUT2D eigenvalue weighted by Crippen LogP contribution is 2.36. The number of hydrogen-bond acceptors (Lipinski definition) is 4. The van der Waals surface area contributed by atoms with Crippen LogP contribution in [0.2, 0.25) is 0 Å². The van der Waals surface area contributed by atoms with Gasteiger partial charge in [-0.15, -0.1) is 0 Å². The lowest BCUT2D eigenvalue weighted by Gasteiger charge is -2.16. The summed E-state index contributed by atoms with van der Waals surface area (Å²) in [5, 5.41) is 28.3. The van der Waals surface area contributed by atoms with Gasteiger partial charge in [-0.05, 0) is 24.6 Å². The first-order valence-electron chi connectivity index (χ1n) is 5.49. The number of amides is 1. The van der Waals surface area contributed by atoms with Gasteiger partial charge in [-0.3, -0.25) is 4.79 Å². The van der Waals surface area contributed by atoms with Gasteiger partial charge in [-0.25, -0.2) is 0 Å². The van der Waals surface area contributed by atoms with Crippen LogP contribution in [0.15, 0.2) is 18.2 Å². The van der Waals surface area contributed by atoms with Gasteiger partial charge in [0.2, 0.25) is 6.41 Å². The van der Waals surface area contributed by atoms with Crippen molar-refractivity contribution < 1.29 is 20.1 Å². The SMILES string of the molecule is O=CN1C[C@@H](c2cc(O)ccc2O)CC1CO. The second-order valence-electron chi connectivity index (χ2n) is 4.31. The summed E-state index contributed by atoms with van der Waals surface area (Å²) in [5.41, 5.74) is 0.618. The lowest BCUT2D eigenvalue weighted by Crippen LogP contribution is -2.30. The van der Waals surface area contributed by atoms with E-state index in [4.69, 9.17) is 5.11 Å². The van der Waals surface area contributed by atoms with Crippen LogP contribution in [0.25, 0.3) is 0 Å². The minimum absolute atomic E-state index is 0.0514. The van der Waals surface area contributed by atoms with Crippen molar-refractivity contribution in [3.05, 3.63) is 23.8 Å². The number of nitrogens with zero attached hydrogens (tertiary/aromatic N) is 1. The molecule has 92 valence electrons. The van der Waals surface area contributed by atoms with Crippen LogP contribution < -0.4 is 0 Å². The fourth-order valence-corrected chi connectivity index (χ4v) is 2.34. The maximum absolute atomic E-state index is 10.8. The fourth-order valence-electron chi connectivity index (χ4n) is 2.34. The number of phenols is 2. The van der Waals surface area contributed by atoms with Crippen LogP contribution in [0, 0.1) is 0 Å². The predicted molar refractivity (Wildman–Crippen MR) is 60.8 cm³/mol. The van der Waals surface area contributed by atoms with Gasteiger partial charge in [-0.2, -0.15) is 0 Å². The second-order valence-corrected chi connectivity index (χ2v) is 4.31. The van der Waals surface area contributed by atoms with Crippen molar-refractivity contribution in [2.45, 2.75) is 18.4 Å². The number of benzene rings is 1. The molecule has 5 nitrogen and oxygen atoms in total. The Morgan fingerprint density at radius 2 is 2.18 bits per heavy atom. The first-order chi connectivity index (χ1) is 8.15. The summed E-state index contributed by atoms with van der Waals surface area (Å²) in [6.07, 6.45) is 1.30. The number of aromatic hydroxyl groups is 2. The van der Waals surface area contributed by atoms with Crippen molar-refractivity contribution in [2.24, 2.45) is 0 Å². The summed E-state index contributed by atoms with van der Waals surface area (Å²) in [7, 11) is 0. The molecular formula is C12H15NO4. The van der Waals surface area contributed by atoms with Crippen molar-refractivity contribution in [3.8, 4) is 11.5 Å². The molecule has 1 aliphatic rings. The van der Waals surface area contributed by atoms with E-state index in [0.717, 1.165) is 0 Å². The first-order valence-corrected chi connectivity index (χ1v) is 5.49. The topological polar surface area (TPSA) is 81.0 Å². The van der Waals surface area contributed by atoms with E-state index in [1.54, 1.807) is 0 Å². The monoisotopic (exact) mass is 237 g/mol. The van der Waals surface area contributed by atoms with Crippen LogP contribution in [-0.2, 0) is 4.79 Å². The van der Waals surface area contributed by atoms with E-state index in [9.17, 15) is 15.0 Å². The molecule has 1 aromatic carbocycles. The molecule has 0 saturated carbocycles. The van der Waals surface area contributed by atoms with Crippen molar-refractivity contribution in [3.63, 3.8) is 0 Å². The van der Waals surface area contributed by atoms with E-state index in [2.05, 4.69) is 0 Å². The molecule has 3 N–H and O–H groups in total. The zero-order valence-electron chi connectivity index (χ0n) is 9.28. The smallest absolute Gasteiger partial charge is 0.210 e. The maximum atomic E-state index is 10.8. The highest BCUT2D eigenvalue weighted by atomic mass is 16.3. The molecule has 1 fully saturated rings. The zero-order valence-corrected chi connectivity index (χ0v) is 9.28. The van der Waals surface area contributed by atoms with Crippen LogP contribution in [0.5, 0.6) is 11.5 Å². The summed E-state index contributed by atoms with van der Waals surface area (Å²) < 4.78 is 0. The van der Waals surface area contributed by atoms with E-state index in [-0.39, 0.29) is 30.1 Å². The number of likely N-dealkylation sites (tertiary alicyclic amines) is 1. The average molecular weight is 237 g/mol. The third-order valence-corrected chi connectivity index (χ3v) is 3.25. The zero-order chi connectivity index (χ0) is 12.4. The molecule has 0 spiro atoms. The van der Waals surface area contributed by atoms with Crippen molar-refractivity contribution in [1.82, 2.24) is 4.90 Å². The molecule has 0 aromatic heterocycles. The minimum Gasteiger partial charge on any atom is -0.508 e. The average Bonchev–Trinajstić information content (AvgIpc) is 2.75. The normalized spacial score (nSPS) is 23.9. The molecule has 1 aliphatic heterocycles.